The average molecular weight is 559 g/mol. The van der Waals surface area contributed by atoms with Gasteiger partial charge >= 0.3 is 11.9 Å². The van der Waals surface area contributed by atoms with E-state index in [1.165, 1.54) is 43.5 Å². The third kappa shape index (κ3) is 4.93. The number of ether oxygens (including phenoxy) is 1. The lowest BCUT2D eigenvalue weighted by Crippen LogP contribution is -2.57. The highest BCUT2D eigenvalue weighted by molar-refractivity contribution is 6.09. The fourth-order valence-corrected chi connectivity index (χ4v) is 5.78. The first kappa shape index (κ1) is 27.6. The molecule has 2 aromatic carbocycles. The number of carboxylic acids is 1. The summed E-state index contributed by atoms with van der Waals surface area (Å²) < 4.78 is 4.75. The first-order valence-corrected chi connectivity index (χ1v) is 12.8. The Morgan fingerprint density at radius 1 is 1.07 bits per heavy atom. The van der Waals surface area contributed by atoms with E-state index in [2.05, 4.69) is 10.3 Å². The number of fused-ring (bicyclic) bond motifs is 1. The van der Waals surface area contributed by atoms with Crippen molar-refractivity contribution in [3.63, 3.8) is 0 Å². The largest absolute Gasteiger partial charge is 0.480 e. The van der Waals surface area contributed by atoms with Crippen LogP contribution >= 0.6 is 0 Å². The molecule has 12 nitrogen and oxygen atoms in total. The Kier molecular flexibility index (Phi) is 7.33. The summed E-state index contributed by atoms with van der Waals surface area (Å²) in [5.74, 6) is -5.29. The third-order valence-corrected chi connectivity index (χ3v) is 7.77. The number of pyridine rings is 1. The third-order valence-electron chi connectivity index (χ3n) is 7.77. The van der Waals surface area contributed by atoms with Crippen LogP contribution in [0.25, 0.3) is 0 Å². The molecule has 3 heterocycles. The molecule has 12 heteroatoms. The van der Waals surface area contributed by atoms with E-state index < -0.39 is 52.1 Å². The summed E-state index contributed by atoms with van der Waals surface area (Å²) in [6.45, 7) is 0.0307. The van der Waals surface area contributed by atoms with Gasteiger partial charge in [-0.25, -0.2) is 4.79 Å². The number of nitrogens with zero attached hydrogens (tertiary/aromatic N) is 3. The second-order valence-electron chi connectivity index (χ2n) is 10.0. The number of imide groups is 1. The Bertz CT molecular complexity index is 1510. The molecule has 2 aliphatic rings. The molecule has 2 saturated heterocycles. The van der Waals surface area contributed by atoms with Crippen LogP contribution < -0.4 is 5.32 Å². The van der Waals surface area contributed by atoms with E-state index in [4.69, 9.17) is 4.74 Å². The number of carboxylic acid groups (broad SMARTS) is 1. The second kappa shape index (κ2) is 10.9. The lowest BCUT2D eigenvalue weighted by Gasteiger charge is -2.31. The number of non-ortho nitro benzene ring substituents is 1. The summed E-state index contributed by atoms with van der Waals surface area (Å²) >= 11 is 0. The number of methoxy groups -OCH3 is 1. The molecule has 0 spiro atoms. The molecule has 4 atom stereocenters. The zero-order valence-electron chi connectivity index (χ0n) is 21.9. The van der Waals surface area contributed by atoms with Gasteiger partial charge in [0.2, 0.25) is 11.8 Å². The van der Waals surface area contributed by atoms with Crippen LogP contribution in [0.1, 0.15) is 33.2 Å². The molecule has 1 aromatic heterocycles. The Morgan fingerprint density at radius 2 is 1.78 bits per heavy atom. The molecule has 41 heavy (non-hydrogen) atoms. The molecule has 5 rings (SSSR count). The van der Waals surface area contributed by atoms with Crippen molar-refractivity contribution >= 4 is 29.4 Å². The first-order valence-electron chi connectivity index (χ1n) is 12.8. The van der Waals surface area contributed by atoms with Crippen molar-refractivity contribution < 1.29 is 33.9 Å². The molecule has 0 radical (unpaired) electrons. The van der Waals surface area contributed by atoms with Crippen molar-refractivity contribution in [2.45, 2.75) is 24.4 Å². The van der Waals surface area contributed by atoms with Gasteiger partial charge in [0.1, 0.15) is 5.54 Å². The monoisotopic (exact) mass is 558 g/mol. The van der Waals surface area contributed by atoms with Gasteiger partial charge in [0.15, 0.2) is 0 Å². The minimum absolute atomic E-state index is 0.0307. The van der Waals surface area contributed by atoms with Crippen LogP contribution in [0, 0.1) is 22.0 Å². The number of rotatable bonds is 9. The van der Waals surface area contributed by atoms with Crippen molar-refractivity contribution in [3.05, 3.63) is 105 Å². The Hall–Kier alpha value is -4.97. The highest BCUT2D eigenvalue weighted by atomic mass is 16.6. The van der Waals surface area contributed by atoms with Crippen molar-refractivity contribution in [1.82, 2.24) is 15.2 Å². The van der Waals surface area contributed by atoms with Crippen LogP contribution in [0.2, 0.25) is 0 Å². The maximum Gasteiger partial charge on any atom is 0.337 e. The average Bonchev–Trinajstić information content (AvgIpc) is 3.45. The zero-order valence-corrected chi connectivity index (χ0v) is 21.9. The smallest absolute Gasteiger partial charge is 0.337 e. The van der Waals surface area contributed by atoms with E-state index >= 15 is 0 Å². The molecule has 2 N–H and O–H groups in total. The maximum absolute atomic E-state index is 13.9. The van der Waals surface area contributed by atoms with Gasteiger partial charge in [0.25, 0.3) is 5.69 Å². The minimum Gasteiger partial charge on any atom is -0.480 e. The molecular weight excluding hydrogens is 532 g/mol. The number of hydrogen-bond donors (Lipinski definition) is 2. The summed E-state index contributed by atoms with van der Waals surface area (Å²) in [6.07, 6.45) is 1.70. The van der Waals surface area contributed by atoms with E-state index in [1.807, 2.05) is 0 Å². The SMILES string of the molecule is COC(=O)c1ccc(C2NC(Cc3ccc([N+](=O)[O-])cc3)(C(=O)O)C3C(=O)N(CCc4ccccn4)C(=O)C23)cc1. The van der Waals surface area contributed by atoms with E-state index in [0.29, 0.717) is 23.2 Å². The number of esters is 1. The van der Waals surface area contributed by atoms with Crippen LogP contribution in [-0.2, 0) is 32.0 Å². The van der Waals surface area contributed by atoms with E-state index in [0.717, 1.165) is 4.90 Å². The Labute approximate surface area is 234 Å². The number of hydrogen-bond acceptors (Lipinski definition) is 9. The summed E-state index contributed by atoms with van der Waals surface area (Å²) in [6, 6.07) is 16.1. The number of carbonyl (C=O) groups is 4. The summed E-state index contributed by atoms with van der Waals surface area (Å²) in [7, 11) is 1.25. The summed E-state index contributed by atoms with van der Waals surface area (Å²) in [5.41, 5.74) is -0.142. The number of carbonyl (C=O) groups excluding carboxylic acids is 3. The molecule has 4 unspecified atom stereocenters. The highest BCUT2D eigenvalue weighted by Gasteiger charge is 2.68. The number of nitro groups is 1. The van der Waals surface area contributed by atoms with Gasteiger partial charge in [0.05, 0.1) is 29.4 Å². The molecule has 2 amide bonds. The first-order chi connectivity index (χ1) is 19.7. The topological polar surface area (TPSA) is 169 Å². The Balaban J connectivity index is 1.54. The van der Waals surface area contributed by atoms with Crippen LogP contribution in [0.15, 0.2) is 72.9 Å². The lowest BCUT2D eigenvalue weighted by molar-refractivity contribution is -0.384. The fraction of sp³-hybridized carbons (Fsp3) is 0.276. The van der Waals surface area contributed by atoms with Crippen LogP contribution in [0.5, 0.6) is 0 Å². The standard InChI is InChI=1S/C29H26N4O8/c1-41-27(36)19-9-7-18(8-10-19)24-22-23(26(35)32(25(22)34)15-13-20-4-2-3-14-30-20)29(31-24,28(37)38)16-17-5-11-21(12-6-17)33(39)40/h2-12,14,22-24,31H,13,15-16H2,1H3,(H,37,38). The van der Waals surface area contributed by atoms with Crippen molar-refractivity contribution in [2.75, 3.05) is 13.7 Å². The number of likely N-dealkylation sites (tertiary alicyclic amines) is 1. The number of aliphatic carboxylic acids is 1. The molecule has 210 valence electrons. The fourth-order valence-electron chi connectivity index (χ4n) is 5.78. The van der Waals surface area contributed by atoms with Crippen LogP contribution in [0.3, 0.4) is 0 Å². The predicted octanol–water partition coefficient (Wildman–Crippen LogP) is 2.33. The molecule has 0 bridgehead atoms. The van der Waals surface area contributed by atoms with Gasteiger partial charge in [-0.3, -0.25) is 39.7 Å². The van der Waals surface area contributed by atoms with Gasteiger partial charge in [-0.1, -0.05) is 30.3 Å². The molecule has 3 aromatic rings. The van der Waals surface area contributed by atoms with Gasteiger partial charge in [0, 0.05) is 49.5 Å². The number of nitro benzene ring substituents is 1. The van der Waals surface area contributed by atoms with Gasteiger partial charge in [-0.05, 0) is 35.4 Å². The molecule has 0 saturated carbocycles. The molecule has 2 aliphatic heterocycles. The van der Waals surface area contributed by atoms with Crippen LogP contribution in [0.4, 0.5) is 5.69 Å². The van der Waals surface area contributed by atoms with E-state index in [-0.39, 0.29) is 24.2 Å². The van der Waals surface area contributed by atoms with E-state index in [9.17, 15) is 34.4 Å². The molecular formula is C29H26N4O8. The Morgan fingerprint density at radius 3 is 2.37 bits per heavy atom. The number of amides is 2. The zero-order chi connectivity index (χ0) is 29.3. The predicted molar refractivity (Wildman–Crippen MR) is 142 cm³/mol. The van der Waals surface area contributed by atoms with Gasteiger partial charge in [-0.2, -0.15) is 0 Å². The van der Waals surface area contributed by atoms with Gasteiger partial charge in [-0.15, -0.1) is 0 Å². The number of benzene rings is 2. The lowest BCUT2D eigenvalue weighted by atomic mass is 9.76. The highest BCUT2D eigenvalue weighted by Crippen LogP contribution is 2.50. The van der Waals surface area contributed by atoms with E-state index in [1.54, 1.807) is 36.5 Å². The van der Waals surface area contributed by atoms with Crippen molar-refractivity contribution in [2.24, 2.45) is 11.8 Å². The number of nitrogens with one attached hydrogen (secondary N) is 1. The van der Waals surface area contributed by atoms with Crippen LogP contribution in [-0.4, -0.2) is 62.9 Å². The maximum atomic E-state index is 13.9. The van der Waals surface area contributed by atoms with Crippen molar-refractivity contribution in [3.8, 4) is 0 Å². The quantitative estimate of drug-likeness (QED) is 0.172. The second-order valence-corrected chi connectivity index (χ2v) is 10.0. The molecule has 2 fully saturated rings. The molecule has 0 aliphatic carbocycles. The van der Waals surface area contributed by atoms with Gasteiger partial charge < -0.3 is 9.84 Å². The summed E-state index contributed by atoms with van der Waals surface area (Å²) in [5, 5.41) is 24.8. The minimum atomic E-state index is -1.89. The number of aromatic nitrogens is 1. The summed E-state index contributed by atoms with van der Waals surface area (Å²) in [4.78, 5) is 68.5. The van der Waals surface area contributed by atoms with Crippen molar-refractivity contribution in [1.29, 1.82) is 0 Å². The normalized spacial score (nSPS) is 23.3.